The van der Waals surface area contributed by atoms with E-state index in [4.69, 9.17) is 0 Å². The first-order chi connectivity index (χ1) is 5.72. The van der Waals surface area contributed by atoms with Crippen molar-refractivity contribution in [2.45, 2.75) is 65.0 Å². The van der Waals surface area contributed by atoms with Crippen LogP contribution in [-0.4, -0.2) is 12.1 Å². The molecule has 3 unspecified atom stereocenters. The van der Waals surface area contributed by atoms with Crippen molar-refractivity contribution in [2.75, 3.05) is 0 Å². The van der Waals surface area contributed by atoms with E-state index in [-0.39, 0.29) is 0 Å². The van der Waals surface area contributed by atoms with Crippen molar-refractivity contribution >= 4 is 0 Å². The average molecular weight is 169 g/mol. The van der Waals surface area contributed by atoms with Crippen LogP contribution in [-0.2, 0) is 0 Å². The van der Waals surface area contributed by atoms with Gasteiger partial charge in [0, 0.05) is 12.1 Å². The van der Waals surface area contributed by atoms with E-state index in [1.54, 1.807) is 0 Å². The van der Waals surface area contributed by atoms with E-state index in [2.05, 4.69) is 26.1 Å². The molecule has 1 nitrogen and oxygen atoms in total. The van der Waals surface area contributed by atoms with Crippen molar-refractivity contribution in [3.05, 3.63) is 0 Å². The maximum absolute atomic E-state index is 3.71. The largest absolute Gasteiger partial charge is 0.311 e. The summed E-state index contributed by atoms with van der Waals surface area (Å²) in [4.78, 5) is 0. The smallest absolute Gasteiger partial charge is 0.00721 e. The van der Waals surface area contributed by atoms with Gasteiger partial charge in [0.25, 0.3) is 0 Å². The van der Waals surface area contributed by atoms with Gasteiger partial charge in [0.15, 0.2) is 0 Å². The third kappa shape index (κ3) is 3.14. The lowest BCUT2D eigenvalue weighted by Gasteiger charge is -2.18. The molecule has 12 heavy (non-hydrogen) atoms. The third-order valence-electron chi connectivity index (χ3n) is 2.94. The first-order valence-corrected chi connectivity index (χ1v) is 5.48. The molecule has 3 atom stereocenters. The summed E-state index contributed by atoms with van der Waals surface area (Å²) in [5.41, 5.74) is 0. The molecule has 1 N–H and O–H groups in total. The molecule has 1 aliphatic rings. The van der Waals surface area contributed by atoms with E-state index in [1.165, 1.54) is 32.1 Å². The van der Waals surface area contributed by atoms with Gasteiger partial charge in [-0.15, -0.1) is 0 Å². The van der Waals surface area contributed by atoms with E-state index in [0.717, 1.165) is 18.0 Å². The molecule has 0 heterocycles. The summed E-state index contributed by atoms with van der Waals surface area (Å²) in [5.74, 6) is 0.955. The quantitative estimate of drug-likeness (QED) is 0.682. The Hall–Kier alpha value is -0.0400. The molecule has 72 valence electrons. The fraction of sp³-hybridized carbons (Fsp3) is 1.00. The highest BCUT2D eigenvalue weighted by atomic mass is 14.9. The van der Waals surface area contributed by atoms with E-state index in [0.29, 0.717) is 0 Å². The molecule has 0 amide bonds. The van der Waals surface area contributed by atoms with Crippen LogP contribution in [0.25, 0.3) is 0 Å². The number of nitrogens with one attached hydrogen (secondary N) is 1. The predicted molar refractivity (Wildman–Crippen MR) is 54.3 cm³/mol. The highest BCUT2D eigenvalue weighted by Crippen LogP contribution is 2.25. The molecule has 1 rings (SSSR count). The predicted octanol–water partition coefficient (Wildman–Crippen LogP) is 2.95. The molecule has 1 fully saturated rings. The Morgan fingerprint density at radius 3 is 2.67 bits per heavy atom. The second-order valence-electron chi connectivity index (χ2n) is 4.47. The van der Waals surface area contributed by atoms with Crippen molar-refractivity contribution < 1.29 is 0 Å². The van der Waals surface area contributed by atoms with E-state index >= 15 is 0 Å². The maximum Gasteiger partial charge on any atom is 0.00721 e. The van der Waals surface area contributed by atoms with Gasteiger partial charge in [-0.2, -0.15) is 0 Å². The van der Waals surface area contributed by atoms with Crippen LogP contribution >= 0.6 is 0 Å². The molecule has 0 radical (unpaired) electrons. The van der Waals surface area contributed by atoms with Crippen molar-refractivity contribution in [3.8, 4) is 0 Å². The SMILES string of the molecule is CCCC(C)NC1CCC(C)C1. The van der Waals surface area contributed by atoms with Gasteiger partial charge >= 0.3 is 0 Å². The van der Waals surface area contributed by atoms with Crippen LogP contribution in [0.1, 0.15) is 52.9 Å². The molecule has 1 saturated carbocycles. The summed E-state index contributed by atoms with van der Waals surface area (Å²) in [6.45, 7) is 6.94. The minimum Gasteiger partial charge on any atom is -0.311 e. The zero-order chi connectivity index (χ0) is 8.97. The lowest BCUT2D eigenvalue weighted by atomic mass is 10.1. The minimum absolute atomic E-state index is 0.727. The highest BCUT2D eigenvalue weighted by Gasteiger charge is 2.21. The van der Waals surface area contributed by atoms with Crippen molar-refractivity contribution in [1.82, 2.24) is 5.32 Å². The molecule has 0 aliphatic heterocycles. The van der Waals surface area contributed by atoms with Crippen LogP contribution in [0.2, 0.25) is 0 Å². The second kappa shape index (κ2) is 4.86. The normalized spacial score (nSPS) is 32.2. The Morgan fingerprint density at radius 2 is 2.17 bits per heavy atom. The fourth-order valence-corrected chi connectivity index (χ4v) is 2.28. The van der Waals surface area contributed by atoms with Crippen LogP contribution in [0.4, 0.5) is 0 Å². The van der Waals surface area contributed by atoms with Gasteiger partial charge < -0.3 is 5.32 Å². The van der Waals surface area contributed by atoms with Crippen LogP contribution in [0.15, 0.2) is 0 Å². The summed E-state index contributed by atoms with van der Waals surface area (Å²) >= 11 is 0. The topological polar surface area (TPSA) is 12.0 Å². The third-order valence-corrected chi connectivity index (χ3v) is 2.94. The van der Waals surface area contributed by atoms with Crippen LogP contribution in [0, 0.1) is 5.92 Å². The van der Waals surface area contributed by atoms with Crippen molar-refractivity contribution in [3.63, 3.8) is 0 Å². The fourth-order valence-electron chi connectivity index (χ4n) is 2.28. The number of rotatable bonds is 4. The van der Waals surface area contributed by atoms with Gasteiger partial charge in [-0.05, 0) is 38.5 Å². The van der Waals surface area contributed by atoms with E-state index in [9.17, 15) is 0 Å². The molecular formula is C11H23N. The summed E-state index contributed by atoms with van der Waals surface area (Å²) in [6.07, 6.45) is 6.85. The Bertz CT molecular complexity index is 122. The summed E-state index contributed by atoms with van der Waals surface area (Å²) < 4.78 is 0. The summed E-state index contributed by atoms with van der Waals surface area (Å²) in [7, 11) is 0. The molecule has 0 aromatic carbocycles. The lowest BCUT2D eigenvalue weighted by Crippen LogP contribution is -2.34. The molecule has 0 spiro atoms. The molecule has 0 bridgehead atoms. The van der Waals surface area contributed by atoms with Crippen molar-refractivity contribution in [2.24, 2.45) is 5.92 Å². The first-order valence-electron chi connectivity index (χ1n) is 5.48. The average Bonchev–Trinajstić information content (AvgIpc) is 2.36. The minimum atomic E-state index is 0.727. The zero-order valence-electron chi connectivity index (χ0n) is 8.77. The maximum atomic E-state index is 3.71. The standard InChI is InChI=1S/C11H23N/c1-4-5-10(3)12-11-7-6-9(2)8-11/h9-12H,4-8H2,1-3H3. The zero-order valence-corrected chi connectivity index (χ0v) is 8.77. The molecule has 1 heteroatoms. The molecule has 1 aliphatic carbocycles. The molecular weight excluding hydrogens is 146 g/mol. The van der Waals surface area contributed by atoms with Crippen LogP contribution in [0.3, 0.4) is 0 Å². The second-order valence-corrected chi connectivity index (χ2v) is 4.47. The summed E-state index contributed by atoms with van der Waals surface area (Å²) in [5, 5.41) is 3.71. The Labute approximate surface area is 76.9 Å². The van der Waals surface area contributed by atoms with Gasteiger partial charge in [-0.3, -0.25) is 0 Å². The number of hydrogen-bond acceptors (Lipinski definition) is 1. The van der Waals surface area contributed by atoms with Gasteiger partial charge in [-0.1, -0.05) is 20.3 Å². The van der Waals surface area contributed by atoms with Gasteiger partial charge in [0.05, 0.1) is 0 Å². The van der Waals surface area contributed by atoms with Gasteiger partial charge in [-0.25, -0.2) is 0 Å². The molecule has 0 aromatic heterocycles. The molecule has 0 saturated heterocycles. The highest BCUT2D eigenvalue weighted by molar-refractivity contribution is 4.80. The van der Waals surface area contributed by atoms with E-state index in [1.807, 2.05) is 0 Å². The Morgan fingerprint density at radius 1 is 1.42 bits per heavy atom. The summed E-state index contributed by atoms with van der Waals surface area (Å²) in [6, 6.07) is 1.55. The molecule has 0 aromatic rings. The van der Waals surface area contributed by atoms with Gasteiger partial charge in [0.2, 0.25) is 0 Å². The van der Waals surface area contributed by atoms with Gasteiger partial charge in [0.1, 0.15) is 0 Å². The van der Waals surface area contributed by atoms with Crippen LogP contribution in [0.5, 0.6) is 0 Å². The van der Waals surface area contributed by atoms with Crippen molar-refractivity contribution in [1.29, 1.82) is 0 Å². The number of hydrogen-bond donors (Lipinski definition) is 1. The monoisotopic (exact) mass is 169 g/mol. The van der Waals surface area contributed by atoms with E-state index < -0.39 is 0 Å². The Kier molecular flexibility index (Phi) is 4.07. The van der Waals surface area contributed by atoms with Crippen LogP contribution < -0.4 is 5.32 Å². The lowest BCUT2D eigenvalue weighted by molar-refractivity contribution is 0.420. The first kappa shape index (κ1) is 10.0. The Balaban J connectivity index is 2.14.